The van der Waals surface area contributed by atoms with Crippen molar-refractivity contribution >= 4 is 5.91 Å². The minimum absolute atomic E-state index is 0.275. The number of fused-ring (bicyclic) bond motifs is 1. The van der Waals surface area contributed by atoms with Gasteiger partial charge in [-0.3, -0.25) is 9.26 Å². The Morgan fingerprint density at radius 2 is 2.13 bits per heavy atom. The Morgan fingerprint density at radius 3 is 2.67 bits per heavy atom. The summed E-state index contributed by atoms with van der Waals surface area (Å²) < 4.78 is 2.46. The zero-order valence-electron chi connectivity index (χ0n) is 8.25. The van der Waals surface area contributed by atoms with E-state index in [4.69, 9.17) is 5.11 Å². The fourth-order valence-corrected chi connectivity index (χ4v) is 1.96. The Morgan fingerprint density at radius 1 is 1.47 bits per heavy atom. The molecule has 0 unspecified atom stereocenters. The fourth-order valence-electron chi connectivity index (χ4n) is 1.96. The molecular weight excluding hydrogens is 204 g/mol. The summed E-state index contributed by atoms with van der Waals surface area (Å²) in [4.78, 5) is 10.9. The van der Waals surface area contributed by atoms with Gasteiger partial charge < -0.3 is 20.6 Å². The van der Waals surface area contributed by atoms with Crippen molar-refractivity contribution in [2.45, 2.75) is 37.5 Å². The highest BCUT2D eigenvalue weighted by Gasteiger charge is 2.65. The zero-order chi connectivity index (χ0) is 11.2. The van der Waals surface area contributed by atoms with E-state index in [1.807, 2.05) is 0 Å². The van der Waals surface area contributed by atoms with Gasteiger partial charge in [-0.15, -0.1) is 0 Å². The van der Waals surface area contributed by atoms with Crippen LogP contribution >= 0.6 is 0 Å². The summed E-state index contributed by atoms with van der Waals surface area (Å²) in [6.45, 7) is 1.06. The fraction of sp³-hybridized carbons (Fsp3) is 0.875. The van der Waals surface area contributed by atoms with E-state index in [0.717, 1.165) is 0 Å². The second-order valence-electron chi connectivity index (χ2n) is 3.84. The maximum Gasteiger partial charge on any atom is 0.316 e. The molecule has 1 amide bonds. The third kappa shape index (κ3) is 1.72. The third-order valence-electron chi connectivity index (χ3n) is 2.77. The van der Waals surface area contributed by atoms with Crippen molar-refractivity contribution in [3.05, 3.63) is 0 Å². The Hall–Kier alpha value is -0.730. The molecule has 0 spiro atoms. The lowest BCUT2D eigenvalue weighted by Crippen LogP contribution is -2.59. The van der Waals surface area contributed by atoms with Gasteiger partial charge in [-0.05, 0) is 5.48 Å². The molecule has 0 saturated carbocycles. The van der Waals surface area contributed by atoms with Gasteiger partial charge in [0.1, 0.15) is 12.7 Å². The number of carbonyl (C=O) groups is 1. The molecule has 5 atom stereocenters. The SMILES string of the molecule is CC(=O)N[C@@H]1[C@@H](O)[C@@H](O)[C@@H](CO)[O+]2N[C@@H]12. The van der Waals surface area contributed by atoms with E-state index >= 15 is 0 Å². The molecule has 7 nitrogen and oxygen atoms in total. The van der Waals surface area contributed by atoms with Crippen molar-refractivity contribution in [1.82, 2.24) is 10.8 Å². The number of hydrogen-bond acceptors (Lipinski definition) is 5. The van der Waals surface area contributed by atoms with Crippen LogP contribution in [0, 0.1) is 0 Å². The molecule has 2 aliphatic rings. The Labute approximate surface area is 86.3 Å². The molecule has 2 fully saturated rings. The van der Waals surface area contributed by atoms with Crippen LogP contribution in [0.3, 0.4) is 0 Å². The van der Waals surface area contributed by atoms with Crippen molar-refractivity contribution in [1.29, 1.82) is 0 Å². The van der Waals surface area contributed by atoms with Crippen LogP contribution < -0.4 is 10.8 Å². The van der Waals surface area contributed by atoms with Gasteiger partial charge in [-0.1, -0.05) is 0 Å². The smallest absolute Gasteiger partial charge is 0.316 e. The first-order chi connectivity index (χ1) is 7.06. The maximum atomic E-state index is 10.9. The lowest BCUT2D eigenvalue weighted by atomic mass is 9.98. The van der Waals surface area contributed by atoms with Gasteiger partial charge >= 0.3 is 6.23 Å². The monoisotopic (exact) mass is 219 g/mol. The van der Waals surface area contributed by atoms with Crippen molar-refractivity contribution in [2.75, 3.05) is 6.61 Å². The molecule has 0 radical (unpaired) electrons. The van der Waals surface area contributed by atoms with Gasteiger partial charge in [0.15, 0.2) is 12.1 Å². The average Bonchev–Trinajstić information content (AvgIpc) is 2.92. The molecule has 86 valence electrons. The molecule has 2 rings (SSSR count). The highest BCUT2D eigenvalue weighted by Crippen LogP contribution is 2.34. The number of hydroxylamine groups is 1. The molecule has 0 aromatic rings. The van der Waals surface area contributed by atoms with Crippen LogP contribution in [0.25, 0.3) is 0 Å². The van der Waals surface area contributed by atoms with Gasteiger partial charge in [0.05, 0.1) is 0 Å². The van der Waals surface area contributed by atoms with E-state index in [9.17, 15) is 15.0 Å². The Bertz CT molecular complexity index is 274. The molecule has 2 heterocycles. The second-order valence-corrected chi connectivity index (χ2v) is 3.84. The normalized spacial score (nSPS) is 44.7. The summed E-state index contributed by atoms with van der Waals surface area (Å²) in [6.07, 6.45) is -3.09. The van der Waals surface area contributed by atoms with Gasteiger partial charge in [-0.2, -0.15) is 0 Å². The molecule has 0 bridgehead atoms. The highest BCUT2D eigenvalue weighted by atomic mass is 17.0. The first-order valence-electron chi connectivity index (χ1n) is 4.78. The number of amides is 1. The molecule has 15 heavy (non-hydrogen) atoms. The van der Waals surface area contributed by atoms with Crippen LogP contribution in [-0.2, 0) is 9.26 Å². The molecule has 5 N–H and O–H groups in total. The van der Waals surface area contributed by atoms with E-state index in [-0.39, 0.29) is 18.7 Å². The predicted molar refractivity (Wildman–Crippen MR) is 48.5 cm³/mol. The standard InChI is InChI=1S/C8H14N2O5/c1-3(12)9-5-7(14)6(13)4(2-11)15-8(5)10-15/h4-8,10-11,13-14H,2H2,1H3/p+1/t4-,5-,6+,7-,8-/m1/s1. The van der Waals surface area contributed by atoms with Gasteiger partial charge in [0.2, 0.25) is 12.0 Å². The molecule has 2 aliphatic heterocycles. The highest BCUT2D eigenvalue weighted by molar-refractivity contribution is 5.73. The van der Waals surface area contributed by atoms with Gasteiger partial charge in [-0.25, -0.2) is 0 Å². The summed E-state index contributed by atoms with van der Waals surface area (Å²) in [5.41, 5.74) is 2.80. The summed E-state index contributed by atoms with van der Waals surface area (Å²) in [5.74, 6) is -0.275. The Kier molecular flexibility index (Phi) is 2.65. The van der Waals surface area contributed by atoms with Crippen LogP contribution in [0.4, 0.5) is 0 Å². The average molecular weight is 219 g/mol. The topological polar surface area (TPSA) is 114 Å². The predicted octanol–water partition coefficient (Wildman–Crippen LogP) is -3.02. The van der Waals surface area contributed by atoms with Crippen LogP contribution in [0.5, 0.6) is 0 Å². The lowest BCUT2D eigenvalue weighted by molar-refractivity contribution is -0.199. The number of aliphatic hydroxyl groups is 3. The molecule has 0 aromatic carbocycles. The van der Waals surface area contributed by atoms with Crippen molar-refractivity contribution in [2.24, 2.45) is 0 Å². The van der Waals surface area contributed by atoms with Crippen molar-refractivity contribution in [3.8, 4) is 0 Å². The van der Waals surface area contributed by atoms with Gasteiger partial charge in [0.25, 0.3) is 0 Å². The van der Waals surface area contributed by atoms with E-state index in [0.29, 0.717) is 0 Å². The molecule has 7 heteroatoms. The van der Waals surface area contributed by atoms with Crippen molar-refractivity contribution < 1.29 is 24.6 Å². The summed E-state index contributed by atoms with van der Waals surface area (Å²) in [7, 11) is 0. The van der Waals surface area contributed by atoms with Crippen LogP contribution in [0.2, 0.25) is 0 Å². The first kappa shape index (κ1) is 10.8. The van der Waals surface area contributed by atoms with E-state index in [1.165, 1.54) is 6.92 Å². The maximum absolute atomic E-state index is 10.9. The zero-order valence-corrected chi connectivity index (χ0v) is 8.25. The first-order valence-corrected chi connectivity index (χ1v) is 4.78. The molecule has 0 aromatic heterocycles. The number of aliphatic hydroxyl groups excluding tert-OH is 3. The summed E-state index contributed by atoms with van der Waals surface area (Å²) in [6, 6.07) is -0.578. The number of hydrogen-bond donors (Lipinski definition) is 5. The van der Waals surface area contributed by atoms with E-state index < -0.39 is 24.4 Å². The Balaban J connectivity index is 2.08. The quantitative estimate of drug-likeness (QED) is 0.250. The summed E-state index contributed by atoms with van der Waals surface area (Å²) >= 11 is 0. The minimum Gasteiger partial charge on any atom is -0.388 e. The van der Waals surface area contributed by atoms with E-state index in [1.54, 1.807) is 0 Å². The molecular formula is C8H15N2O5+. The van der Waals surface area contributed by atoms with Crippen LogP contribution in [0.15, 0.2) is 0 Å². The lowest BCUT2D eigenvalue weighted by Gasteiger charge is -2.30. The van der Waals surface area contributed by atoms with Crippen molar-refractivity contribution in [3.63, 3.8) is 0 Å². The summed E-state index contributed by atoms with van der Waals surface area (Å²) in [5, 5.41) is 30.9. The largest absolute Gasteiger partial charge is 0.388 e. The number of rotatable bonds is 2. The minimum atomic E-state index is -1.11. The third-order valence-corrected chi connectivity index (χ3v) is 2.77. The molecule has 2 saturated heterocycles. The van der Waals surface area contributed by atoms with E-state index in [2.05, 4.69) is 15.3 Å². The van der Waals surface area contributed by atoms with Crippen LogP contribution in [0.1, 0.15) is 6.92 Å². The second kappa shape index (κ2) is 3.69. The number of nitrogens with one attached hydrogen (secondary N) is 2. The van der Waals surface area contributed by atoms with Gasteiger partial charge in [0, 0.05) is 6.92 Å². The molecule has 0 aliphatic carbocycles. The van der Waals surface area contributed by atoms with Crippen LogP contribution in [-0.4, -0.2) is 58.4 Å². The number of carbonyl (C=O) groups excluding carboxylic acids is 1.